The molecule has 1 fully saturated rings. The number of ether oxygens (including phenoxy) is 1. The Balaban J connectivity index is 1.67. The van der Waals surface area contributed by atoms with Crippen molar-refractivity contribution in [2.24, 2.45) is 5.10 Å². The maximum Gasteiger partial charge on any atom is 0.247 e. The molecule has 2 aromatic rings. The van der Waals surface area contributed by atoms with E-state index >= 15 is 0 Å². The van der Waals surface area contributed by atoms with Crippen molar-refractivity contribution in [1.82, 2.24) is 19.5 Å². The predicted molar refractivity (Wildman–Crippen MR) is 117 cm³/mol. The van der Waals surface area contributed by atoms with E-state index in [-0.39, 0.29) is 11.8 Å². The predicted octanol–water partition coefficient (Wildman–Crippen LogP) is 1.11. The molecule has 1 aliphatic heterocycles. The first kappa shape index (κ1) is 22.8. The van der Waals surface area contributed by atoms with Gasteiger partial charge in [-0.2, -0.15) is 15.1 Å². The van der Waals surface area contributed by atoms with Gasteiger partial charge in [0.05, 0.1) is 12.9 Å². The highest BCUT2D eigenvalue weighted by Gasteiger charge is 2.44. The third-order valence-electron chi connectivity index (χ3n) is 4.90. The minimum atomic E-state index is -1.26. The number of hydrogen-bond donors (Lipinski definition) is 5. The maximum absolute atomic E-state index is 10.3. The van der Waals surface area contributed by atoms with Gasteiger partial charge >= 0.3 is 0 Å². The summed E-state index contributed by atoms with van der Waals surface area (Å²) < 4.78 is 6.98. The van der Waals surface area contributed by atoms with Crippen LogP contribution in [0.15, 0.2) is 35.7 Å². The summed E-state index contributed by atoms with van der Waals surface area (Å²) in [5, 5.41) is 33.6. The van der Waals surface area contributed by atoms with Crippen molar-refractivity contribution in [2.45, 2.75) is 57.1 Å². The van der Waals surface area contributed by atoms with Crippen LogP contribution in [0.2, 0.25) is 0 Å². The van der Waals surface area contributed by atoms with Gasteiger partial charge < -0.3 is 25.8 Å². The van der Waals surface area contributed by atoms with Crippen molar-refractivity contribution >= 4 is 29.1 Å². The average Bonchev–Trinajstić information content (AvgIpc) is 3.31. The molecule has 4 atom stereocenters. The topological polar surface area (TPSA) is 164 Å². The Morgan fingerprint density at radius 3 is 2.81 bits per heavy atom. The lowest BCUT2D eigenvalue weighted by atomic mass is 10.1. The van der Waals surface area contributed by atoms with Crippen LogP contribution in [0.3, 0.4) is 0 Å². The summed E-state index contributed by atoms with van der Waals surface area (Å²) in [6, 6.07) is 0. The van der Waals surface area contributed by atoms with E-state index in [0.29, 0.717) is 11.2 Å². The molecule has 2 aromatic heterocycles. The second-order valence-corrected chi connectivity index (χ2v) is 7.18. The summed E-state index contributed by atoms with van der Waals surface area (Å²) in [6.45, 7) is 1.75. The van der Waals surface area contributed by atoms with Crippen LogP contribution in [0.4, 0.5) is 11.8 Å². The Bertz CT molecular complexity index is 943. The number of nitrogens with two attached hydrogens (primary N) is 1. The normalized spacial score (nSPS) is 24.4. The number of aliphatic hydroxyl groups is 3. The molecule has 3 heterocycles. The van der Waals surface area contributed by atoms with Crippen LogP contribution in [-0.2, 0) is 4.74 Å². The van der Waals surface area contributed by atoms with Gasteiger partial charge in [0.2, 0.25) is 5.95 Å². The Kier molecular flexibility index (Phi) is 8.06. The largest absolute Gasteiger partial charge is 0.394 e. The smallest absolute Gasteiger partial charge is 0.247 e. The second kappa shape index (κ2) is 11.0. The molecule has 31 heavy (non-hydrogen) atoms. The standard InChI is InChI=1S/C20H29N7O4/c1-2-3-4-5-6-7-8-9-10-23-26-20-24-17(21)14-18(25-20)27(12-22-14)19-16(30)15(29)13(11-28)31-19/h6-10,12-13,15-16,19,28-30H,2-5,11H2,1H3,(H3,21,24,25,26)/b7-6+,9-8+,23-10+/t13-,15-,16-,19-/m1/s1. The van der Waals surface area contributed by atoms with Gasteiger partial charge in [-0.3, -0.25) is 4.57 Å². The summed E-state index contributed by atoms with van der Waals surface area (Å²) >= 11 is 0. The number of allylic oxidation sites excluding steroid dienone is 4. The molecule has 0 saturated carbocycles. The van der Waals surface area contributed by atoms with Crippen molar-refractivity contribution < 1.29 is 20.1 Å². The van der Waals surface area contributed by atoms with Crippen molar-refractivity contribution in [1.29, 1.82) is 0 Å². The number of nitrogen functional groups attached to an aromatic ring is 1. The van der Waals surface area contributed by atoms with Crippen LogP contribution in [0.1, 0.15) is 38.8 Å². The average molecular weight is 431 g/mol. The van der Waals surface area contributed by atoms with E-state index in [1.807, 2.05) is 12.2 Å². The van der Waals surface area contributed by atoms with Crippen LogP contribution >= 0.6 is 0 Å². The number of nitrogens with zero attached hydrogens (tertiary/aromatic N) is 5. The molecule has 0 aromatic carbocycles. The molecule has 3 rings (SSSR count). The van der Waals surface area contributed by atoms with Crippen LogP contribution in [0.5, 0.6) is 0 Å². The number of fused-ring (bicyclic) bond motifs is 1. The molecule has 0 unspecified atom stereocenters. The quantitative estimate of drug-likeness (QED) is 0.160. The van der Waals surface area contributed by atoms with Gasteiger partial charge in [-0.25, -0.2) is 10.4 Å². The first-order chi connectivity index (χ1) is 15.1. The highest BCUT2D eigenvalue weighted by Crippen LogP contribution is 2.32. The molecule has 168 valence electrons. The van der Waals surface area contributed by atoms with E-state index in [2.05, 4.69) is 38.5 Å². The summed E-state index contributed by atoms with van der Waals surface area (Å²) in [5.74, 6) is 0.261. The zero-order valence-electron chi connectivity index (χ0n) is 17.4. The molecular weight excluding hydrogens is 402 g/mol. The molecule has 0 bridgehead atoms. The number of imidazole rings is 1. The van der Waals surface area contributed by atoms with Crippen molar-refractivity contribution in [3.05, 3.63) is 30.6 Å². The number of rotatable bonds is 10. The molecule has 1 saturated heterocycles. The van der Waals surface area contributed by atoms with Crippen molar-refractivity contribution in [2.75, 3.05) is 17.8 Å². The minimum absolute atomic E-state index is 0.124. The molecule has 0 amide bonds. The van der Waals surface area contributed by atoms with Crippen LogP contribution in [0.25, 0.3) is 11.2 Å². The van der Waals surface area contributed by atoms with Crippen molar-refractivity contribution in [3.8, 4) is 0 Å². The van der Waals surface area contributed by atoms with E-state index in [9.17, 15) is 15.3 Å². The summed E-state index contributed by atoms with van der Waals surface area (Å²) in [5.41, 5.74) is 9.29. The number of nitrogens with one attached hydrogen (secondary N) is 1. The Morgan fingerprint density at radius 2 is 2.06 bits per heavy atom. The van der Waals surface area contributed by atoms with Gasteiger partial charge in [-0.05, 0) is 18.9 Å². The zero-order chi connectivity index (χ0) is 22.2. The molecule has 6 N–H and O–H groups in total. The fourth-order valence-corrected chi connectivity index (χ4v) is 3.22. The second-order valence-electron chi connectivity index (χ2n) is 7.18. The van der Waals surface area contributed by atoms with Gasteiger partial charge in [0, 0.05) is 6.21 Å². The van der Waals surface area contributed by atoms with Crippen molar-refractivity contribution in [3.63, 3.8) is 0 Å². The van der Waals surface area contributed by atoms with Gasteiger partial charge in [0.1, 0.15) is 23.8 Å². The van der Waals surface area contributed by atoms with Gasteiger partial charge in [0.15, 0.2) is 17.7 Å². The lowest BCUT2D eigenvalue weighted by molar-refractivity contribution is -0.0511. The first-order valence-electron chi connectivity index (χ1n) is 10.3. The lowest BCUT2D eigenvalue weighted by Crippen LogP contribution is -2.33. The Morgan fingerprint density at radius 1 is 1.23 bits per heavy atom. The Hall–Kier alpha value is -2.86. The third kappa shape index (κ3) is 5.44. The molecule has 11 nitrogen and oxygen atoms in total. The fourth-order valence-electron chi connectivity index (χ4n) is 3.22. The number of hydrazone groups is 1. The van der Waals surface area contributed by atoms with E-state index in [0.717, 1.165) is 6.42 Å². The van der Waals surface area contributed by atoms with E-state index in [1.165, 1.54) is 30.2 Å². The van der Waals surface area contributed by atoms with Gasteiger partial charge in [-0.1, -0.05) is 38.0 Å². The number of aliphatic hydroxyl groups excluding tert-OH is 3. The van der Waals surface area contributed by atoms with Gasteiger partial charge in [0.25, 0.3) is 0 Å². The van der Waals surface area contributed by atoms with E-state index < -0.39 is 31.1 Å². The zero-order valence-corrected chi connectivity index (χ0v) is 17.4. The highest BCUT2D eigenvalue weighted by molar-refractivity contribution is 5.83. The van der Waals surface area contributed by atoms with Gasteiger partial charge in [-0.15, -0.1) is 0 Å². The molecular formula is C20H29N7O4. The lowest BCUT2D eigenvalue weighted by Gasteiger charge is -2.16. The Labute approximate surface area is 180 Å². The fraction of sp³-hybridized carbons (Fsp3) is 0.500. The number of unbranched alkanes of at least 4 members (excludes halogenated alkanes) is 3. The molecule has 0 aliphatic carbocycles. The molecule has 1 aliphatic rings. The number of hydrogen-bond acceptors (Lipinski definition) is 10. The van der Waals surface area contributed by atoms with Crippen LogP contribution in [-0.4, -0.2) is 66.0 Å². The van der Waals surface area contributed by atoms with E-state index in [1.54, 1.807) is 12.3 Å². The number of aromatic nitrogens is 4. The SMILES string of the molecule is CCCCC/C=C/C=C/C=N/Nc1nc(N)c2ncn([C@@H]3O[C@H](CO)[C@@H](O)[C@H]3O)c2n1. The maximum atomic E-state index is 10.3. The minimum Gasteiger partial charge on any atom is -0.394 e. The number of anilines is 2. The van der Waals surface area contributed by atoms with E-state index in [4.69, 9.17) is 10.5 Å². The monoisotopic (exact) mass is 431 g/mol. The highest BCUT2D eigenvalue weighted by atomic mass is 16.6. The molecule has 11 heteroatoms. The summed E-state index contributed by atoms with van der Waals surface area (Å²) in [4.78, 5) is 12.6. The summed E-state index contributed by atoms with van der Waals surface area (Å²) in [7, 11) is 0. The molecule has 0 radical (unpaired) electrons. The van der Waals surface area contributed by atoms with Crippen LogP contribution < -0.4 is 11.2 Å². The molecule has 0 spiro atoms. The first-order valence-corrected chi connectivity index (χ1v) is 10.3. The third-order valence-corrected chi connectivity index (χ3v) is 4.90. The van der Waals surface area contributed by atoms with Crippen LogP contribution in [0, 0.1) is 0 Å². The summed E-state index contributed by atoms with van der Waals surface area (Å²) in [6.07, 6.45) is 11.0.